The first-order valence-electron chi connectivity index (χ1n) is 7.88. The van der Waals surface area contributed by atoms with Crippen molar-refractivity contribution in [3.8, 4) is 0 Å². The fourth-order valence-corrected chi connectivity index (χ4v) is 3.43. The summed E-state index contributed by atoms with van der Waals surface area (Å²) >= 11 is 7.10. The van der Waals surface area contributed by atoms with Crippen molar-refractivity contribution in [2.24, 2.45) is 0 Å². The van der Waals surface area contributed by atoms with Crippen LogP contribution in [0.3, 0.4) is 0 Å². The minimum absolute atomic E-state index is 0.162. The summed E-state index contributed by atoms with van der Waals surface area (Å²) in [5.41, 5.74) is 3.71. The number of nitrogens with one attached hydrogen (secondary N) is 1. The lowest BCUT2D eigenvalue weighted by molar-refractivity contribution is -0.576. The Hall–Kier alpha value is -2.50. The monoisotopic (exact) mass is 367 g/mol. The van der Waals surface area contributed by atoms with E-state index in [2.05, 4.69) is 5.32 Å². The largest absolute Gasteiger partial charge is 0.501 e. The third-order valence-corrected chi connectivity index (χ3v) is 4.88. The predicted molar refractivity (Wildman–Crippen MR) is 109 cm³/mol. The Balaban J connectivity index is 2.03. The molecule has 2 aromatic heterocycles. The number of pyridine rings is 1. The van der Waals surface area contributed by atoms with Gasteiger partial charge in [0.1, 0.15) is 0 Å². The highest BCUT2D eigenvalue weighted by Crippen LogP contribution is 2.23. The first-order chi connectivity index (χ1) is 12.0. The molecule has 0 atom stereocenters. The minimum Gasteiger partial charge on any atom is -0.501 e. The van der Waals surface area contributed by atoms with E-state index in [-0.39, 0.29) is 5.76 Å². The van der Waals surface area contributed by atoms with Crippen molar-refractivity contribution >= 4 is 45.7 Å². The lowest BCUT2D eigenvalue weighted by atomic mass is 10.2. The van der Waals surface area contributed by atoms with E-state index >= 15 is 0 Å². The number of anilines is 1. The van der Waals surface area contributed by atoms with E-state index in [1.54, 1.807) is 0 Å². The highest BCUT2D eigenvalue weighted by Gasteiger charge is 2.24. The van der Waals surface area contributed by atoms with E-state index < -0.39 is 0 Å². The Kier molecular flexibility index (Phi) is 5.26. The van der Waals surface area contributed by atoms with Gasteiger partial charge in [-0.25, -0.2) is 0 Å². The molecule has 0 aliphatic rings. The molecule has 0 aliphatic heterocycles. The SMILES string of the molecule is Cc1ccc(NC(=S)/C(=C(/O)c2cccs2)[n+]2cccc(C)c2)cc1. The highest BCUT2D eigenvalue weighted by atomic mass is 32.1. The fraction of sp³-hybridized carbons (Fsp3) is 0.100. The zero-order valence-electron chi connectivity index (χ0n) is 14.1. The maximum atomic E-state index is 10.8. The van der Waals surface area contributed by atoms with Crippen LogP contribution in [0.2, 0.25) is 0 Å². The summed E-state index contributed by atoms with van der Waals surface area (Å²) in [6.07, 6.45) is 3.83. The molecule has 3 nitrogen and oxygen atoms in total. The van der Waals surface area contributed by atoms with E-state index in [1.807, 2.05) is 84.7 Å². The van der Waals surface area contributed by atoms with Gasteiger partial charge in [-0.05, 0) is 43.5 Å². The number of thiocarbonyl (C=S) groups is 1. The number of aliphatic hydroxyl groups excluding tert-OH is 1. The average Bonchev–Trinajstić information content (AvgIpc) is 3.12. The van der Waals surface area contributed by atoms with Gasteiger partial charge in [0.2, 0.25) is 5.76 Å². The normalized spacial score (nSPS) is 11.8. The molecule has 2 heterocycles. The number of aryl methyl sites for hydroxylation is 2. The molecule has 126 valence electrons. The fourth-order valence-electron chi connectivity index (χ4n) is 2.44. The summed E-state index contributed by atoms with van der Waals surface area (Å²) in [5.74, 6) is 0.162. The molecule has 0 unspecified atom stereocenters. The Morgan fingerprint density at radius 2 is 1.80 bits per heavy atom. The number of benzene rings is 1. The van der Waals surface area contributed by atoms with Gasteiger partial charge in [0.15, 0.2) is 17.4 Å². The van der Waals surface area contributed by atoms with Crippen LogP contribution < -0.4 is 9.88 Å². The molecule has 25 heavy (non-hydrogen) atoms. The molecule has 0 aliphatic carbocycles. The molecule has 0 amide bonds. The summed E-state index contributed by atoms with van der Waals surface area (Å²) in [4.78, 5) is 1.24. The molecule has 5 heteroatoms. The van der Waals surface area contributed by atoms with Gasteiger partial charge in [-0.3, -0.25) is 0 Å². The van der Waals surface area contributed by atoms with Crippen molar-refractivity contribution in [2.75, 3.05) is 5.32 Å². The van der Waals surface area contributed by atoms with Crippen molar-refractivity contribution in [3.63, 3.8) is 0 Å². The molecule has 0 fully saturated rings. The predicted octanol–water partition coefficient (Wildman–Crippen LogP) is 4.98. The lowest BCUT2D eigenvalue weighted by Crippen LogP contribution is -2.38. The van der Waals surface area contributed by atoms with Crippen LogP contribution in [0.25, 0.3) is 11.5 Å². The molecule has 0 radical (unpaired) electrons. The van der Waals surface area contributed by atoms with E-state index in [0.717, 1.165) is 16.1 Å². The quantitative estimate of drug-likeness (QED) is 0.296. The number of hydrogen-bond acceptors (Lipinski definition) is 3. The summed E-state index contributed by atoms with van der Waals surface area (Å²) < 4.78 is 1.86. The van der Waals surface area contributed by atoms with E-state index in [9.17, 15) is 5.11 Å². The molecule has 1 aromatic carbocycles. The number of aliphatic hydroxyl groups is 1. The zero-order chi connectivity index (χ0) is 17.8. The Morgan fingerprint density at radius 3 is 2.44 bits per heavy atom. The van der Waals surface area contributed by atoms with Crippen molar-refractivity contribution in [3.05, 3.63) is 82.3 Å². The first-order valence-corrected chi connectivity index (χ1v) is 9.17. The van der Waals surface area contributed by atoms with Gasteiger partial charge < -0.3 is 10.4 Å². The van der Waals surface area contributed by atoms with Crippen LogP contribution in [-0.4, -0.2) is 10.1 Å². The summed E-state index contributed by atoms with van der Waals surface area (Å²) in [7, 11) is 0. The number of hydrogen-bond donors (Lipinski definition) is 2. The minimum atomic E-state index is 0.162. The van der Waals surface area contributed by atoms with E-state index in [1.165, 1.54) is 16.9 Å². The van der Waals surface area contributed by atoms with Gasteiger partial charge >= 0.3 is 0 Å². The lowest BCUT2D eigenvalue weighted by Gasteiger charge is -2.10. The first kappa shape index (κ1) is 17.3. The van der Waals surface area contributed by atoms with Gasteiger partial charge in [0.05, 0.1) is 4.88 Å². The smallest absolute Gasteiger partial charge is 0.289 e. The second-order valence-electron chi connectivity index (χ2n) is 5.78. The van der Waals surface area contributed by atoms with Crippen molar-refractivity contribution in [1.29, 1.82) is 0 Å². The summed E-state index contributed by atoms with van der Waals surface area (Å²) in [6, 6.07) is 15.7. The third-order valence-electron chi connectivity index (χ3n) is 3.71. The molecule has 3 rings (SSSR count). The maximum absolute atomic E-state index is 10.8. The van der Waals surface area contributed by atoms with E-state index in [4.69, 9.17) is 12.2 Å². The van der Waals surface area contributed by atoms with Crippen molar-refractivity contribution < 1.29 is 9.67 Å². The average molecular weight is 368 g/mol. The third kappa shape index (κ3) is 4.13. The van der Waals surface area contributed by atoms with Gasteiger partial charge in [-0.2, -0.15) is 4.57 Å². The van der Waals surface area contributed by atoms with Gasteiger partial charge in [0.25, 0.3) is 5.70 Å². The molecule has 2 N–H and O–H groups in total. The van der Waals surface area contributed by atoms with Crippen LogP contribution in [0.15, 0.2) is 66.3 Å². The Morgan fingerprint density at radius 1 is 1.04 bits per heavy atom. The van der Waals surface area contributed by atoms with Gasteiger partial charge in [-0.1, -0.05) is 36.0 Å². The van der Waals surface area contributed by atoms with Crippen LogP contribution in [0.1, 0.15) is 16.0 Å². The Bertz CT molecular complexity index is 913. The zero-order valence-corrected chi connectivity index (χ0v) is 15.7. The van der Waals surface area contributed by atoms with Crippen LogP contribution in [0, 0.1) is 13.8 Å². The molecule has 3 aromatic rings. The number of nitrogens with zero attached hydrogens (tertiary/aromatic N) is 1. The second-order valence-corrected chi connectivity index (χ2v) is 7.14. The van der Waals surface area contributed by atoms with Crippen LogP contribution >= 0.6 is 23.6 Å². The van der Waals surface area contributed by atoms with E-state index in [0.29, 0.717) is 10.7 Å². The number of rotatable bonds is 4. The van der Waals surface area contributed by atoms with Crippen molar-refractivity contribution in [2.45, 2.75) is 13.8 Å². The van der Waals surface area contributed by atoms with Crippen LogP contribution in [0.5, 0.6) is 0 Å². The van der Waals surface area contributed by atoms with Gasteiger partial charge in [-0.15, -0.1) is 11.3 Å². The topological polar surface area (TPSA) is 36.1 Å². The molecule has 0 saturated heterocycles. The second kappa shape index (κ2) is 7.59. The highest BCUT2D eigenvalue weighted by molar-refractivity contribution is 7.81. The molecular weight excluding hydrogens is 348 g/mol. The maximum Gasteiger partial charge on any atom is 0.289 e. The molecular formula is C20H19N2OS2+. The standard InChI is InChI=1S/C20H18N2OS2/c1-14-7-9-16(10-8-14)21-20(24)18(19(23)17-6-4-12-25-17)22-11-3-5-15(2)13-22/h3-13H,1-2H3,(H-,21,23,24)/p+1. The number of thiophene rings is 1. The Labute approximate surface area is 156 Å². The van der Waals surface area contributed by atoms with Crippen LogP contribution in [0.4, 0.5) is 5.69 Å². The van der Waals surface area contributed by atoms with Crippen molar-refractivity contribution in [1.82, 2.24) is 0 Å². The van der Waals surface area contributed by atoms with Crippen LogP contribution in [-0.2, 0) is 0 Å². The molecule has 0 saturated carbocycles. The molecule has 0 spiro atoms. The summed E-state index contributed by atoms with van der Waals surface area (Å²) in [5, 5.41) is 16.0. The van der Waals surface area contributed by atoms with Gasteiger partial charge in [0, 0.05) is 17.3 Å². The summed E-state index contributed by atoms with van der Waals surface area (Å²) in [6.45, 7) is 4.05. The number of aromatic nitrogens is 1. The molecule has 0 bridgehead atoms.